The Hall–Kier alpha value is -1.58. The lowest BCUT2D eigenvalue weighted by molar-refractivity contribution is -0.0358. The van der Waals surface area contributed by atoms with Crippen molar-refractivity contribution < 1.29 is 0 Å². The van der Waals surface area contributed by atoms with Crippen molar-refractivity contribution in [3.05, 3.63) is 28.4 Å². The number of hydrogen-bond donors (Lipinski definition) is 2. The molecular weight excluding hydrogens is 262 g/mol. The smallest absolute Gasteiger partial charge is 0.275 e. The minimum Gasteiger partial charge on any atom is -0.355 e. The molecule has 0 saturated heterocycles. The van der Waals surface area contributed by atoms with Crippen LogP contribution in [0.3, 0.4) is 0 Å². The highest BCUT2D eigenvalue weighted by Crippen LogP contribution is 2.57. The fourth-order valence-corrected chi connectivity index (χ4v) is 5.79. The zero-order valence-corrected chi connectivity index (χ0v) is 12.1. The minimum atomic E-state index is -0.0590. The van der Waals surface area contributed by atoms with Gasteiger partial charge in [-0.3, -0.25) is 4.79 Å². The minimum absolute atomic E-state index is 0.0590. The maximum atomic E-state index is 11.8. The van der Waals surface area contributed by atoms with Crippen LogP contribution in [0.1, 0.15) is 37.7 Å². The van der Waals surface area contributed by atoms with Gasteiger partial charge in [-0.05, 0) is 73.7 Å². The molecule has 0 unspecified atom stereocenters. The first-order valence-electron chi connectivity index (χ1n) is 8.31. The third-order valence-electron chi connectivity index (χ3n) is 6.43. The average molecular weight is 283 g/mol. The largest absolute Gasteiger partial charge is 0.355 e. The van der Waals surface area contributed by atoms with Crippen molar-refractivity contribution in [2.24, 2.45) is 29.6 Å². The Balaban J connectivity index is 1.49. The standard InChI is InChI=1S/C17H21N3O/c21-17-16-15(19-8-20-17)13(7-18-16)6-14-11-2-9-1-10(4-11)5-12(14)3-9/h7-12,14,18H,1-6H2,(H,19,20,21). The molecule has 0 spiro atoms. The van der Waals surface area contributed by atoms with Gasteiger partial charge >= 0.3 is 0 Å². The van der Waals surface area contributed by atoms with E-state index in [-0.39, 0.29) is 5.56 Å². The van der Waals surface area contributed by atoms with Crippen LogP contribution in [-0.4, -0.2) is 15.0 Å². The Labute approximate surface area is 123 Å². The summed E-state index contributed by atoms with van der Waals surface area (Å²) in [5, 5.41) is 0. The normalized spacial score (nSPS) is 37.4. The maximum absolute atomic E-state index is 11.8. The molecule has 0 atom stereocenters. The number of H-pyrrole nitrogens is 2. The van der Waals surface area contributed by atoms with Gasteiger partial charge in [0.15, 0.2) is 0 Å². The molecule has 0 aromatic carbocycles. The number of aromatic amines is 2. The zero-order valence-electron chi connectivity index (χ0n) is 12.1. The Morgan fingerprint density at radius 3 is 2.48 bits per heavy atom. The molecule has 110 valence electrons. The molecule has 2 N–H and O–H groups in total. The van der Waals surface area contributed by atoms with Crippen molar-refractivity contribution in [1.82, 2.24) is 15.0 Å². The summed E-state index contributed by atoms with van der Waals surface area (Å²) in [6.07, 6.45) is 12.0. The molecule has 4 heteroatoms. The van der Waals surface area contributed by atoms with E-state index in [2.05, 4.69) is 15.0 Å². The first-order valence-corrected chi connectivity index (χ1v) is 8.31. The third-order valence-corrected chi connectivity index (χ3v) is 6.43. The summed E-state index contributed by atoms with van der Waals surface area (Å²) in [6, 6.07) is 0. The summed E-state index contributed by atoms with van der Waals surface area (Å²) >= 11 is 0. The van der Waals surface area contributed by atoms with Gasteiger partial charge in [0, 0.05) is 6.20 Å². The van der Waals surface area contributed by atoms with Gasteiger partial charge in [-0.2, -0.15) is 0 Å². The highest BCUT2D eigenvalue weighted by molar-refractivity contribution is 5.77. The predicted octanol–water partition coefficient (Wildman–Crippen LogP) is 2.87. The van der Waals surface area contributed by atoms with E-state index in [0.29, 0.717) is 5.52 Å². The summed E-state index contributed by atoms with van der Waals surface area (Å²) < 4.78 is 0. The lowest BCUT2D eigenvalue weighted by Gasteiger charge is -2.54. The molecule has 4 bridgehead atoms. The van der Waals surface area contributed by atoms with E-state index in [1.165, 1.54) is 44.0 Å². The Morgan fingerprint density at radius 1 is 1.05 bits per heavy atom. The Kier molecular flexibility index (Phi) is 2.41. The molecule has 4 aliphatic carbocycles. The Bertz CT molecular complexity index is 716. The summed E-state index contributed by atoms with van der Waals surface area (Å²) in [5.74, 6) is 4.71. The van der Waals surface area contributed by atoms with Crippen molar-refractivity contribution in [2.45, 2.75) is 38.5 Å². The average Bonchev–Trinajstić information content (AvgIpc) is 2.87. The van der Waals surface area contributed by atoms with Crippen LogP contribution in [0.4, 0.5) is 0 Å². The molecule has 4 aliphatic rings. The van der Waals surface area contributed by atoms with E-state index < -0.39 is 0 Å². The van der Waals surface area contributed by atoms with Crippen LogP contribution in [-0.2, 0) is 6.42 Å². The number of hydrogen-bond acceptors (Lipinski definition) is 2. The number of nitrogens with zero attached hydrogens (tertiary/aromatic N) is 1. The van der Waals surface area contributed by atoms with Crippen LogP contribution >= 0.6 is 0 Å². The third kappa shape index (κ3) is 1.74. The van der Waals surface area contributed by atoms with Gasteiger partial charge in [-0.1, -0.05) is 0 Å². The van der Waals surface area contributed by atoms with E-state index in [4.69, 9.17) is 0 Å². The first-order chi connectivity index (χ1) is 10.3. The molecule has 4 nitrogen and oxygen atoms in total. The molecule has 2 aromatic rings. The second-order valence-electron chi connectivity index (χ2n) is 7.57. The van der Waals surface area contributed by atoms with Crippen molar-refractivity contribution in [3.63, 3.8) is 0 Å². The molecule has 21 heavy (non-hydrogen) atoms. The van der Waals surface area contributed by atoms with Crippen molar-refractivity contribution >= 4 is 11.0 Å². The second kappa shape index (κ2) is 4.21. The van der Waals surface area contributed by atoms with Crippen LogP contribution in [0.5, 0.6) is 0 Å². The van der Waals surface area contributed by atoms with Gasteiger partial charge in [0.25, 0.3) is 5.56 Å². The van der Waals surface area contributed by atoms with Gasteiger partial charge < -0.3 is 9.97 Å². The molecule has 4 fully saturated rings. The predicted molar refractivity (Wildman–Crippen MR) is 81.0 cm³/mol. The van der Waals surface area contributed by atoms with Gasteiger partial charge in [0.05, 0.1) is 11.8 Å². The van der Waals surface area contributed by atoms with Crippen LogP contribution in [0.25, 0.3) is 11.0 Å². The molecule has 4 saturated carbocycles. The van der Waals surface area contributed by atoms with Crippen molar-refractivity contribution in [2.75, 3.05) is 0 Å². The molecule has 0 aliphatic heterocycles. The second-order valence-corrected chi connectivity index (χ2v) is 7.57. The summed E-state index contributed by atoms with van der Waals surface area (Å²) in [7, 11) is 0. The van der Waals surface area contributed by atoms with Gasteiger partial charge in [0.1, 0.15) is 5.52 Å². The topological polar surface area (TPSA) is 61.5 Å². The summed E-state index contributed by atoms with van der Waals surface area (Å²) in [4.78, 5) is 22.0. The monoisotopic (exact) mass is 283 g/mol. The quantitative estimate of drug-likeness (QED) is 0.890. The number of rotatable bonds is 2. The molecule has 0 radical (unpaired) electrons. The van der Waals surface area contributed by atoms with E-state index >= 15 is 0 Å². The fraction of sp³-hybridized carbons (Fsp3) is 0.647. The number of aromatic nitrogens is 3. The molecule has 6 rings (SSSR count). The van der Waals surface area contributed by atoms with Gasteiger partial charge in [-0.15, -0.1) is 0 Å². The summed E-state index contributed by atoms with van der Waals surface area (Å²) in [6.45, 7) is 0. The summed E-state index contributed by atoms with van der Waals surface area (Å²) in [5.41, 5.74) is 2.70. The lowest BCUT2D eigenvalue weighted by atomic mass is 9.51. The van der Waals surface area contributed by atoms with Crippen molar-refractivity contribution in [1.29, 1.82) is 0 Å². The van der Waals surface area contributed by atoms with Gasteiger partial charge in [-0.25, -0.2) is 4.98 Å². The SMILES string of the molecule is O=c1[nH]cnc2c(CC3C4CC5CC(C4)CC3C5)c[nH]c12. The van der Waals surface area contributed by atoms with Crippen LogP contribution in [0.2, 0.25) is 0 Å². The van der Waals surface area contributed by atoms with Crippen LogP contribution in [0, 0.1) is 29.6 Å². The van der Waals surface area contributed by atoms with Crippen LogP contribution in [0.15, 0.2) is 17.3 Å². The van der Waals surface area contributed by atoms with E-state index in [9.17, 15) is 4.79 Å². The molecule has 2 heterocycles. The lowest BCUT2D eigenvalue weighted by Crippen LogP contribution is -2.45. The molecular formula is C17H21N3O. The molecule has 2 aromatic heterocycles. The maximum Gasteiger partial charge on any atom is 0.275 e. The highest BCUT2D eigenvalue weighted by Gasteiger charge is 2.47. The van der Waals surface area contributed by atoms with Crippen LogP contribution < -0.4 is 5.56 Å². The zero-order chi connectivity index (χ0) is 14.0. The number of nitrogens with one attached hydrogen (secondary N) is 2. The number of fused-ring (bicyclic) bond motifs is 1. The first kappa shape index (κ1) is 12.0. The van der Waals surface area contributed by atoms with E-state index in [1.54, 1.807) is 0 Å². The van der Waals surface area contributed by atoms with Crippen molar-refractivity contribution in [3.8, 4) is 0 Å². The molecule has 0 amide bonds. The van der Waals surface area contributed by atoms with Gasteiger partial charge in [0.2, 0.25) is 0 Å². The Morgan fingerprint density at radius 2 is 1.76 bits per heavy atom. The highest BCUT2D eigenvalue weighted by atomic mass is 16.1. The fourth-order valence-electron chi connectivity index (χ4n) is 5.79. The van der Waals surface area contributed by atoms with E-state index in [1.807, 2.05) is 6.20 Å². The van der Waals surface area contributed by atoms with E-state index in [0.717, 1.165) is 41.5 Å².